The van der Waals surface area contributed by atoms with Crippen molar-refractivity contribution in [2.75, 3.05) is 0 Å². The summed E-state index contributed by atoms with van der Waals surface area (Å²) in [5.74, 6) is -0.0680. The Morgan fingerprint density at radius 2 is 2.23 bits per heavy atom. The summed E-state index contributed by atoms with van der Waals surface area (Å²) in [5, 5.41) is 0. The fourth-order valence-electron chi connectivity index (χ4n) is 1.02. The summed E-state index contributed by atoms with van der Waals surface area (Å²) in [4.78, 5) is 10.9. The third-order valence-corrected chi connectivity index (χ3v) is 1.68. The van der Waals surface area contributed by atoms with E-state index in [0.717, 1.165) is 5.56 Å². The quantitative estimate of drug-likeness (QED) is 0.641. The lowest BCUT2D eigenvalue weighted by Crippen LogP contribution is -1.82. The normalized spacial score (nSPS) is 10.2. The zero-order valence-electron chi connectivity index (χ0n) is 7.66. The number of rotatable bonds is 3. The summed E-state index contributed by atoms with van der Waals surface area (Å²) in [5.41, 5.74) is 2.23. The summed E-state index contributed by atoms with van der Waals surface area (Å²) in [6.07, 6.45) is 4.60. The minimum absolute atomic E-state index is 0.0680. The van der Waals surface area contributed by atoms with Crippen LogP contribution in [0.25, 0.3) is 6.08 Å². The van der Waals surface area contributed by atoms with Crippen LogP contribution >= 0.6 is 0 Å². The van der Waals surface area contributed by atoms with Crippen molar-refractivity contribution < 1.29 is 4.79 Å². The Hall–Kier alpha value is -1.63. The van der Waals surface area contributed by atoms with E-state index in [9.17, 15) is 4.79 Å². The van der Waals surface area contributed by atoms with Crippen molar-refractivity contribution in [2.24, 2.45) is 0 Å². The predicted molar refractivity (Wildman–Crippen MR) is 55.4 cm³/mol. The fraction of sp³-hybridized carbons (Fsp3) is 0.0833. The van der Waals surface area contributed by atoms with Gasteiger partial charge in [-0.1, -0.05) is 42.5 Å². The second-order valence-corrected chi connectivity index (χ2v) is 2.85. The van der Waals surface area contributed by atoms with Crippen molar-refractivity contribution in [1.82, 2.24) is 0 Å². The molecule has 0 saturated heterocycles. The predicted octanol–water partition coefficient (Wildman–Crippen LogP) is 2.76. The number of benzene rings is 1. The van der Waals surface area contributed by atoms with E-state index < -0.39 is 0 Å². The number of carbonyl (C=O) groups excluding carboxylic acids is 1. The van der Waals surface area contributed by atoms with Crippen molar-refractivity contribution in [3.05, 3.63) is 54.1 Å². The van der Waals surface area contributed by atoms with Gasteiger partial charge in [-0.25, -0.2) is 0 Å². The lowest BCUT2D eigenvalue weighted by atomic mass is 10.1. The van der Waals surface area contributed by atoms with Gasteiger partial charge in [-0.2, -0.15) is 0 Å². The maximum Gasteiger partial charge on any atom is 0.178 e. The molecule has 66 valence electrons. The topological polar surface area (TPSA) is 17.1 Å². The van der Waals surface area contributed by atoms with E-state index in [0.29, 0.717) is 0 Å². The minimum atomic E-state index is -0.0680. The van der Waals surface area contributed by atoms with E-state index >= 15 is 0 Å². The first kappa shape index (κ1) is 9.46. The van der Waals surface area contributed by atoms with Crippen LogP contribution in [0, 0.1) is 6.92 Å². The van der Waals surface area contributed by atoms with Gasteiger partial charge in [0.2, 0.25) is 0 Å². The smallest absolute Gasteiger partial charge is 0.178 e. The lowest BCUT2D eigenvalue weighted by Gasteiger charge is -1.94. The fourth-order valence-corrected chi connectivity index (χ4v) is 1.02. The van der Waals surface area contributed by atoms with Crippen molar-refractivity contribution in [3.63, 3.8) is 0 Å². The van der Waals surface area contributed by atoms with Crippen LogP contribution in [0.2, 0.25) is 0 Å². The molecule has 0 unspecified atom stereocenters. The average molecular weight is 172 g/mol. The summed E-state index contributed by atoms with van der Waals surface area (Å²) in [6, 6.07) is 7.97. The minimum Gasteiger partial charge on any atom is -0.290 e. The number of hydrogen-bond donors (Lipinski definition) is 0. The van der Waals surface area contributed by atoms with Crippen LogP contribution in [0.4, 0.5) is 0 Å². The van der Waals surface area contributed by atoms with Crippen molar-refractivity contribution in [3.8, 4) is 0 Å². The van der Waals surface area contributed by atoms with Crippen LogP contribution in [0.5, 0.6) is 0 Å². The van der Waals surface area contributed by atoms with Crippen LogP contribution in [0.3, 0.4) is 0 Å². The third kappa shape index (κ3) is 3.08. The molecular formula is C12H12O. The molecule has 0 N–H and O–H groups in total. The Morgan fingerprint density at radius 1 is 1.46 bits per heavy atom. The van der Waals surface area contributed by atoms with E-state index in [2.05, 4.69) is 6.58 Å². The van der Waals surface area contributed by atoms with Gasteiger partial charge in [0.25, 0.3) is 0 Å². The van der Waals surface area contributed by atoms with Gasteiger partial charge >= 0.3 is 0 Å². The molecule has 1 rings (SSSR count). The molecule has 0 amide bonds. The second-order valence-electron chi connectivity index (χ2n) is 2.85. The maximum absolute atomic E-state index is 10.9. The first-order valence-electron chi connectivity index (χ1n) is 4.13. The highest BCUT2D eigenvalue weighted by Gasteiger charge is 1.89. The Balaban J connectivity index is 2.79. The highest BCUT2D eigenvalue weighted by Crippen LogP contribution is 2.05. The zero-order chi connectivity index (χ0) is 9.68. The van der Waals surface area contributed by atoms with Crippen molar-refractivity contribution in [1.29, 1.82) is 0 Å². The molecule has 1 aromatic carbocycles. The zero-order valence-corrected chi connectivity index (χ0v) is 7.66. The highest BCUT2D eigenvalue weighted by atomic mass is 16.1. The molecule has 0 aliphatic heterocycles. The van der Waals surface area contributed by atoms with Crippen LogP contribution in [-0.4, -0.2) is 5.78 Å². The molecule has 0 aromatic heterocycles. The largest absolute Gasteiger partial charge is 0.290 e. The molecule has 0 saturated carbocycles. The van der Waals surface area contributed by atoms with E-state index in [1.54, 1.807) is 6.08 Å². The molecule has 1 aromatic rings. The summed E-state index contributed by atoms with van der Waals surface area (Å²) in [7, 11) is 0. The van der Waals surface area contributed by atoms with Gasteiger partial charge in [0.1, 0.15) is 0 Å². The average Bonchev–Trinajstić information content (AvgIpc) is 2.14. The molecule has 1 nitrogen and oxygen atoms in total. The van der Waals surface area contributed by atoms with Crippen molar-refractivity contribution in [2.45, 2.75) is 6.92 Å². The van der Waals surface area contributed by atoms with Crippen LogP contribution in [0.1, 0.15) is 11.1 Å². The number of ketones is 1. The Kier molecular flexibility index (Phi) is 3.21. The molecule has 13 heavy (non-hydrogen) atoms. The van der Waals surface area contributed by atoms with Gasteiger partial charge in [-0.05, 0) is 24.6 Å². The van der Waals surface area contributed by atoms with E-state index in [4.69, 9.17) is 0 Å². The van der Waals surface area contributed by atoms with Crippen molar-refractivity contribution >= 4 is 11.9 Å². The monoisotopic (exact) mass is 172 g/mol. The highest BCUT2D eigenvalue weighted by molar-refractivity contribution is 6.01. The summed E-state index contributed by atoms with van der Waals surface area (Å²) in [6.45, 7) is 5.41. The van der Waals surface area contributed by atoms with Crippen LogP contribution in [-0.2, 0) is 4.79 Å². The van der Waals surface area contributed by atoms with Gasteiger partial charge < -0.3 is 0 Å². The van der Waals surface area contributed by atoms with Crippen LogP contribution in [0.15, 0.2) is 43.0 Å². The standard InChI is InChI=1S/C12H12O/c1-3-12(13)8-7-11-6-4-5-10(2)9-11/h3-9H,1H2,2H3. The molecule has 0 bridgehead atoms. The Morgan fingerprint density at radius 3 is 2.85 bits per heavy atom. The first-order chi connectivity index (χ1) is 6.22. The third-order valence-electron chi connectivity index (χ3n) is 1.68. The molecule has 0 spiro atoms. The van der Waals surface area contributed by atoms with Gasteiger partial charge in [0, 0.05) is 0 Å². The van der Waals surface area contributed by atoms with Gasteiger partial charge in [0.15, 0.2) is 5.78 Å². The first-order valence-corrected chi connectivity index (χ1v) is 4.13. The molecule has 0 aliphatic carbocycles. The Bertz CT molecular complexity index is 348. The SMILES string of the molecule is C=CC(=O)C=Cc1cccc(C)c1. The summed E-state index contributed by atoms with van der Waals surface area (Å²) >= 11 is 0. The molecule has 0 atom stereocenters. The van der Waals surface area contributed by atoms with Crippen LogP contribution < -0.4 is 0 Å². The number of carbonyl (C=O) groups is 1. The molecule has 0 fully saturated rings. The van der Waals surface area contributed by atoms with E-state index in [-0.39, 0.29) is 5.78 Å². The molecular weight excluding hydrogens is 160 g/mol. The van der Waals surface area contributed by atoms with Gasteiger partial charge in [0.05, 0.1) is 0 Å². The van der Waals surface area contributed by atoms with E-state index in [1.807, 2.05) is 31.2 Å². The van der Waals surface area contributed by atoms with Gasteiger partial charge in [-0.3, -0.25) is 4.79 Å². The van der Waals surface area contributed by atoms with E-state index in [1.165, 1.54) is 17.7 Å². The maximum atomic E-state index is 10.9. The molecule has 0 heterocycles. The van der Waals surface area contributed by atoms with Gasteiger partial charge in [-0.15, -0.1) is 0 Å². The number of hydrogen-bond acceptors (Lipinski definition) is 1. The molecule has 0 aliphatic rings. The summed E-state index contributed by atoms with van der Waals surface area (Å²) < 4.78 is 0. The number of allylic oxidation sites excluding steroid dienone is 2. The molecule has 0 radical (unpaired) electrons. The number of aryl methyl sites for hydroxylation is 1. The second kappa shape index (κ2) is 4.41. The molecule has 1 heteroatoms. The Labute approximate surface area is 78.4 Å². The lowest BCUT2D eigenvalue weighted by molar-refractivity contribution is -0.110.